The third-order valence-corrected chi connectivity index (χ3v) is 3.77. The standard InChI is InChI=1S/C18H14ClN3O2/c1-11-6-7-15-12(8-11)9-13(17(19)21-15)10-20-22-18(24)14-4-2-3-5-16(14)23/h2-10,23H,1H3,(H,22,24)/b20-10-. The molecular formula is C18H14ClN3O2. The maximum atomic E-state index is 12.0. The van der Waals surface area contributed by atoms with Gasteiger partial charge < -0.3 is 5.11 Å². The molecule has 2 aromatic carbocycles. The summed E-state index contributed by atoms with van der Waals surface area (Å²) < 4.78 is 0. The number of hydrazone groups is 1. The van der Waals surface area contributed by atoms with Crippen molar-refractivity contribution >= 4 is 34.6 Å². The number of rotatable bonds is 3. The molecule has 0 fully saturated rings. The first-order chi connectivity index (χ1) is 11.5. The normalized spacial score (nSPS) is 11.1. The zero-order chi connectivity index (χ0) is 17.1. The quantitative estimate of drug-likeness (QED) is 0.434. The van der Waals surface area contributed by atoms with Crippen LogP contribution in [-0.2, 0) is 0 Å². The van der Waals surface area contributed by atoms with Crippen LogP contribution in [0.2, 0.25) is 5.15 Å². The molecule has 0 radical (unpaired) electrons. The molecule has 24 heavy (non-hydrogen) atoms. The summed E-state index contributed by atoms with van der Waals surface area (Å²) in [6.45, 7) is 1.99. The Labute approximate surface area is 143 Å². The van der Waals surface area contributed by atoms with Gasteiger partial charge in [-0.05, 0) is 37.3 Å². The molecule has 0 atom stereocenters. The van der Waals surface area contributed by atoms with Crippen LogP contribution in [0.3, 0.4) is 0 Å². The van der Waals surface area contributed by atoms with Gasteiger partial charge in [0.05, 0.1) is 17.3 Å². The molecule has 1 amide bonds. The Balaban J connectivity index is 1.81. The maximum Gasteiger partial charge on any atom is 0.275 e. The summed E-state index contributed by atoms with van der Waals surface area (Å²) >= 11 is 6.15. The maximum absolute atomic E-state index is 12.0. The second kappa shape index (κ2) is 6.68. The highest BCUT2D eigenvalue weighted by atomic mass is 35.5. The highest BCUT2D eigenvalue weighted by Gasteiger charge is 2.09. The molecule has 3 aromatic rings. The number of amides is 1. The van der Waals surface area contributed by atoms with Gasteiger partial charge in [0.15, 0.2) is 0 Å². The van der Waals surface area contributed by atoms with Gasteiger partial charge in [-0.2, -0.15) is 5.10 Å². The lowest BCUT2D eigenvalue weighted by Crippen LogP contribution is -2.17. The molecule has 6 heteroatoms. The van der Waals surface area contributed by atoms with E-state index in [2.05, 4.69) is 15.5 Å². The number of nitrogens with zero attached hydrogens (tertiary/aromatic N) is 2. The number of benzene rings is 2. The molecule has 1 aromatic heterocycles. The number of hydrogen-bond donors (Lipinski definition) is 2. The number of aryl methyl sites for hydroxylation is 1. The first kappa shape index (κ1) is 16.0. The fraction of sp³-hybridized carbons (Fsp3) is 0.0556. The Morgan fingerprint density at radius 1 is 1.25 bits per heavy atom. The van der Waals surface area contributed by atoms with Crippen molar-refractivity contribution in [3.63, 3.8) is 0 Å². The lowest BCUT2D eigenvalue weighted by Gasteiger charge is -2.04. The molecule has 3 rings (SSSR count). The van der Waals surface area contributed by atoms with Crippen LogP contribution in [0, 0.1) is 6.92 Å². The number of fused-ring (bicyclic) bond motifs is 1. The van der Waals surface area contributed by atoms with Crippen LogP contribution in [0.4, 0.5) is 0 Å². The second-order valence-corrected chi connectivity index (χ2v) is 5.64. The number of aromatic hydroxyl groups is 1. The predicted molar refractivity (Wildman–Crippen MR) is 94.7 cm³/mol. The lowest BCUT2D eigenvalue weighted by molar-refractivity contribution is 0.0952. The van der Waals surface area contributed by atoms with Crippen molar-refractivity contribution in [2.45, 2.75) is 6.92 Å². The van der Waals surface area contributed by atoms with E-state index in [0.29, 0.717) is 10.7 Å². The lowest BCUT2D eigenvalue weighted by atomic mass is 10.1. The van der Waals surface area contributed by atoms with Crippen molar-refractivity contribution < 1.29 is 9.90 Å². The number of halogens is 1. The number of hydrogen-bond acceptors (Lipinski definition) is 4. The largest absolute Gasteiger partial charge is 0.507 e. The SMILES string of the molecule is Cc1ccc2nc(Cl)c(/C=N\NC(=O)c3ccccc3O)cc2c1. The first-order valence-electron chi connectivity index (χ1n) is 7.23. The van der Waals surface area contributed by atoms with Crippen molar-refractivity contribution in [3.05, 3.63) is 70.4 Å². The number of carbonyl (C=O) groups is 1. The van der Waals surface area contributed by atoms with Gasteiger partial charge in [-0.3, -0.25) is 4.79 Å². The molecule has 1 heterocycles. The van der Waals surface area contributed by atoms with Crippen LogP contribution < -0.4 is 5.43 Å². The summed E-state index contributed by atoms with van der Waals surface area (Å²) in [4.78, 5) is 16.3. The summed E-state index contributed by atoms with van der Waals surface area (Å²) in [5.41, 5.74) is 5.00. The zero-order valence-electron chi connectivity index (χ0n) is 12.8. The highest BCUT2D eigenvalue weighted by Crippen LogP contribution is 2.20. The Morgan fingerprint density at radius 3 is 2.83 bits per heavy atom. The average molecular weight is 340 g/mol. The smallest absolute Gasteiger partial charge is 0.275 e. The second-order valence-electron chi connectivity index (χ2n) is 5.28. The average Bonchev–Trinajstić information content (AvgIpc) is 2.56. The van der Waals surface area contributed by atoms with E-state index in [1.165, 1.54) is 18.3 Å². The van der Waals surface area contributed by atoms with Gasteiger partial charge >= 0.3 is 0 Å². The Kier molecular flexibility index (Phi) is 4.44. The van der Waals surface area contributed by atoms with Gasteiger partial charge in [0.2, 0.25) is 0 Å². The number of para-hydroxylation sites is 1. The van der Waals surface area contributed by atoms with Gasteiger partial charge in [-0.15, -0.1) is 0 Å². The Hall–Kier alpha value is -2.92. The molecule has 0 aliphatic rings. The molecule has 0 saturated heterocycles. The topological polar surface area (TPSA) is 74.6 Å². The van der Waals surface area contributed by atoms with Crippen molar-refractivity contribution in [3.8, 4) is 5.75 Å². The first-order valence-corrected chi connectivity index (χ1v) is 7.61. The minimum Gasteiger partial charge on any atom is -0.507 e. The fourth-order valence-electron chi connectivity index (χ4n) is 2.27. The number of nitrogens with one attached hydrogen (secondary N) is 1. The molecule has 5 nitrogen and oxygen atoms in total. The Bertz CT molecular complexity index is 954. The zero-order valence-corrected chi connectivity index (χ0v) is 13.6. The van der Waals surface area contributed by atoms with E-state index in [1.54, 1.807) is 12.1 Å². The molecule has 0 bridgehead atoms. The molecule has 0 spiro atoms. The van der Waals surface area contributed by atoms with E-state index < -0.39 is 5.91 Å². The molecular weight excluding hydrogens is 326 g/mol. The summed E-state index contributed by atoms with van der Waals surface area (Å²) in [7, 11) is 0. The van der Waals surface area contributed by atoms with Gasteiger partial charge in [-0.1, -0.05) is 35.4 Å². The van der Waals surface area contributed by atoms with Crippen LogP contribution in [0.5, 0.6) is 5.75 Å². The minimum absolute atomic E-state index is 0.105. The third kappa shape index (κ3) is 3.36. The van der Waals surface area contributed by atoms with Gasteiger partial charge in [-0.25, -0.2) is 10.4 Å². The summed E-state index contributed by atoms with van der Waals surface area (Å²) in [5.74, 6) is -0.615. The molecule has 0 aliphatic carbocycles. The van der Waals surface area contributed by atoms with Gasteiger partial charge in [0, 0.05) is 10.9 Å². The van der Waals surface area contributed by atoms with Crippen molar-refractivity contribution in [2.24, 2.45) is 5.10 Å². The minimum atomic E-state index is -0.509. The van der Waals surface area contributed by atoms with Crippen molar-refractivity contribution in [1.82, 2.24) is 10.4 Å². The van der Waals surface area contributed by atoms with E-state index in [9.17, 15) is 9.90 Å². The summed E-state index contributed by atoms with van der Waals surface area (Å²) in [6.07, 6.45) is 1.43. The van der Waals surface area contributed by atoms with E-state index in [0.717, 1.165) is 16.5 Å². The van der Waals surface area contributed by atoms with E-state index >= 15 is 0 Å². The van der Waals surface area contributed by atoms with Crippen LogP contribution in [-0.4, -0.2) is 22.2 Å². The summed E-state index contributed by atoms with van der Waals surface area (Å²) in [6, 6.07) is 14.0. The van der Waals surface area contributed by atoms with Crippen molar-refractivity contribution in [2.75, 3.05) is 0 Å². The highest BCUT2D eigenvalue weighted by molar-refractivity contribution is 6.32. The van der Waals surface area contributed by atoms with E-state index in [1.807, 2.05) is 31.2 Å². The Morgan fingerprint density at radius 2 is 2.04 bits per heavy atom. The molecule has 0 unspecified atom stereocenters. The number of carbonyl (C=O) groups excluding carboxylic acids is 1. The predicted octanol–water partition coefficient (Wildman–Crippen LogP) is 3.67. The molecule has 2 N–H and O–H groups in total. The molecule has 0 saturated carbocycles. The number of phenolic OH excluding ortho intramolecular Hbond substituents is 1. The fourth-order valence-corrected chi connectivity index (χ4v) is 2.46. The van der Waals surface area contributed by atoms with E-state index in [-0.39, 0.29) is 11.3 Å². The van der Waals surface area contributed by atoms with Crippen LogP contribution in [0.1, 0.15) is 21.5 Å². The third-order valence-electron chi connectivity index (χ3n) is 3.47. The number of pyridine rings is 1. The van der Waals surface area contributed by atoms with Crippen LogP contribution in [0.25, 0.3) is 10.9 Å². The van der Waals surface area contributed by atoms with E-state index in [4.69, 9.17) is 11.6 Å². The molecule has 0 aliphatic heterocycles. The van der Waals surface area contributed by atoms with Gasteiger partial charge in [0.25, 0.3) is 5.91 Å². The monoisotopic (exact) mass is 339 g/mol. The van der Waals surface area contributed by atoms with Crippen LogP contribution in [0.15, 0.2) is 53.6 Å². The molecule has 120 valence electrons. The van der Waals surface area contributed by atoms with Gasteiger partial charge in [0.1, 0.15) is 10.9 Å². The number of phenols is 1. The van der Waals surface area contributed by atoms with Crippen LogP contribution >= 0.6 is 11.6 Å². The number of aromatic nitrogens is 1. The summed E-state index contributed by atoms with van der Waals surface area (Å²) in [5, 5.41) is 14.8. The van der Waals surface area contributed by atoms with Crippen molar-refractivity contribution in [1.29, 1.82) is 0 Å².